The van der Waals surface area contributed by atoms with E-state index in [0.717, 1.165) is 5.56 Å². The number of nitrogens with one attached hydrogen (secondary N) is 2. The van der Waals surface area contributed by atoms with Crippen molar-refractivity contribution in [1.29, 1.82) is 0 Å². The van der Waals surface area contributed by atoms with Gasteiger partial charge in [-0.1, -0.05) is 24.3 Å². The number of ether oxygens (including phenoxy) is 2. The van der Waals surface area contributed by atoms with Gasteiger partial charge in [-0.2, -0.15) is 0 Å². The van der Waals surface area contributed by atoms with Crippen LogP contribution in [0.4, 0.5) is 0 Å². The predicted molar refractivity (Wildman–Crippen MR) is 118 cm³/mol. The van der Waals surface area contributed by atoms with Gasteiger partial charge in [-0.25, -0.2) is 0 Å². The summed E-state index contributed by atoms with van der Waals surface area (Å²) in [4.78, 5) is 28.7. The molecule has 0 aliphatic carbocycles. The van der Waals surface area contributed by atoms with Crippen molar-refractivity contribution in [2.45, 2.75) is 6.54 Å². The number of para-hydroxylation sites is 1. The van der Waals surface area contributed by atoms with Gasteiger partial charge in [-0.05, 0) is 60.2 Å². The van der Waals surface area contributed by atoms with Gasteiger partial charge in [-0.15, -0.1) is 0 Å². The molecule has 7 nitrogen and oxygen atoms in total. The van der Waals surface area contributed by atoms with Gasteiger partial charge in [0.15, 0.2) is 16.3 Å². The highest BCUT2D eigenvalue weighted by Gasteiger charge is 2.14. The molecule has 1 aliphatic rings. The summed E-state index contributed by atoms with van der Waals surface area (Å²) < 4.78 is 12.4. The number of nitrogens with zero attached hydrogens (tertiary/aromatic N) is 1. The monoisotopic (exact) mass is 431 g/mol. The fraction of sp³-hybridized carbons (Fsp3) is 0.0870. The minimum Gasteiger partial charge on any atom is -0.454 e. The third-order valence-electron chi connectivity index (χ3n) is 5.06. The molecule has 1 amide bonds. The van der Waals surface area contributed by atoms with Gasteiger partial charge in [0, 0.05) is 12.1 Å². The van der Waals surface area contributed by atoms with Crippen molar-refractivity contribution in [3.8, 4) is 17.2 Å². The predicted octanol–water partition coefficient (Wildman–Crippen LogP) is 3.71. The first kappa shape index (κ1) is 19.1. The van der Waals surface area contributed by atoms with Crippen molar-refractivity contribution in [3.05, 3.63) is 93.0 Å². The Balaban J connectivity index is 1.41. The maximum Gasteiger partial charge on any atom is 0.266 e. The standard InChI is InChI=1S/C23H17N3O4S/c27-21(24-12-14-6-9-19-20(10-14)30-13-29-19)15-7-8-17-18(11-15)25-23(31)26(22(17)28)16-4-2-1-3-5-16/h1-11H,12-13H2,(H,24,27)(H,25,31). The first-order valence-corrected chi connectivity index (χ1v) is 10.0. The quantitative estimate of drug-likeness (QED) is 0.481. The topological polar surface area (TPSA) is 85.3 Å². The maximum absolute atomic E-state index is 13.0. The number of hydrogen-bond acceptors (Lipinski definition) is 5. The average Bonchev–Trinajstić information content (AvgIpc) is 3.26. The number of rotatable bonds is 4. The van der Waals surface area contributed by atoms with Crippen molar-refractivity contribution in [2.24, 2.45) is 0 Å². The smallest absolute Gasteiger partial charge is 0.266 e. The summed E-state index contributed by atoms with van der Waals surface area (Å²) in [5.74, 6) is 1.10. The zero-order valence-corrected chi connectivity index (χ0v) is 17.1. The fourth-order valence-corrected chi connectivity index (χ4v) is 3.80. The summed E-state index contributed by atoms with van der Waals surface area (Å²) in [7, 11) is 0. The van der Waals surface area contributed by atoms with E-state index in [1.165, 1.54) is 4.57 Å². The van der Waals surface area contributed by atoms with E-state index in [-0.39, 0.29) is 23.0 Å². The lowest BCUT2D eigenvalue weighted by molar-refractivity contribution is 0.0951. The van der Waals surface area contributed by atoms with Crippen LogP contribution in [0.5, 0.6) is 11.5 Å². The average molecular weight is 431 g/mol. The number of hydrogen-bond donors (Lipinski definition) is 2. The Morgan fingerprint density at radius 1 is 1.03 bits per heavy atom. The van der Waals surface area contributed by atoms with Crippen LogP contribution in [-0.2, 0) is 6.54 Å². The molecule has 0 fully saturated rings. The van der Waals surface area contributed by atoms with E-state index in [1.807, 2.05) is 48.5 Å². The molecule has 1 aromatic heterocycles. The van der Waals surface area contributed by atoms with Crippen molar-refractivity contribution < 1.29 is 14.3 Å². The van der Waals surface area contributed by atoms with E-state index in [0.29, 0.717) is 40.2 Å². The van der Waals surface area contributed by atoms with E-state index >= 15 is 0 Å². The van der Waals surface area contributed by atoms with Gasteiger partial charge in [-0.3, -0.25) is 14.2 Å². The molecule has 8 heteroatoms. The molecular formula is C23H17N3O4S. The van der Waals surface area contributed by atoms with E-state index in [2.05, 4.69) is 10.3 Å². The van der Waals surface area contributed by atoms with E-state index < -0.39 is 0 Å². The lowest BCUT2D eigenvalue weighted by Crippen LogP contribution is -2.24. The van der Waals surface area contributed by atoms with Crippen LogP contribution in [0.15, 0.2) is 71.5 Å². The molecular weight excluding hydrogens is 414 g/mol. The molecule has 3 aromatic carbocycles. The normalized spacial score (nSPS) is 12.1. The molecule has 0 saturated carbocycles. The number of carbonyl (C=O) groups excluding carboxylic acids is 1. The van der Waals surface area contributed by atoms with Crippen LogP contribution in [-0.4, -0.2) is 22.3 Å². The summed E-state index contributed by atoms with van der Waals surface area (Å²) in [6.45, 7) is 0.536. The minimum atomic E-state index is -0.258. The molecule has 1 aliphatic heterocycles. The summed E-state index contributed by atoms with van der Waals surface area (Å²) >= 11 is 5.40. The van der Waals surface area contributed by atoms with Crippen LogP contribution < -0.4 is 20.3 Å². The highest BCUT2D eigenvalue weighted by molar-refractivity contribution is 7.71. The molecule has 0 atom stereocenters. The third-order valence-corrected chi connectivity index (χ3v) is 5.35. The van der Waals surface area contributed by atoms with Crippen LogP contribution in [0.1, 0.15) is 15.9 Å². The molecule has 2 N–H and O–H groups in total. The number of aromatic nitrogens is 2. The van der Waals surface area contributed by atoms with Gasteiger partial charge in [0.1, 0.15) is 0 Å². The minimum absolute atomic E-state index is 0.204. The number of H-pyrrole nitrogens is 1. The lowest BCUT2D eigenvalue weighted by atomic mass is 10.1. The van der Waals surface area contributed by atoms with Crippen LogP contribution in [0.3, 0.4) is 0 Å². The zero-order valence-electron chi connectivity index (χ0n) is 16.3. The number of amides is 1. The Kier molecular flexibility index (Phi) is 4.76. The molecule has 0 unspecified atom stereocenters. The summed E-state index contributed by atoms with van der Waals surface area (Å²) in [5.41, 5.74) is 2.27. The van der Waals surface area contributed by atoms with Gasteiger partial charge >= 0.3 is 0 Å². The Hall–Kier alpha value is -3.91. The van der Waals surface area contributed by atoms with Gasteiger partial charge in [0.25, 0.3) is 11.5 Å². The molecule has 0 spiro atoms. The summed E-state index contributed by atoms with van der Waals surface area (Å²) in [6.07, 6.45) is 0. The highest BCUT2D eigenvalue weighted by Crippen LogP contribution is 2.32. The Morgan fingerprint density at radius 3 is 2.68 bits per heavy atom. The fourth-order valence-electron chi connectivity index (χ4n) is 3.51. The highest BCUT2D eigenvalue weighted by atomic mass is 32.1. The largest absolute Gasteiger partial charge is 0.454 e. The second-order valence-electron chi connectivity index (χ2n) is 7.04. The van der Waals surface area contributed by atoms with Crippen LogP contribution >= 0.6 is 12.2 Å². The van der Waals surface area contributed by atoms with Crippen molar-refractivity contribution in [1.82, 2.24) is 14.9 Å². The number of benzene rings is 3. The SMILES string of the molecule is O=C(NCc1ccc2c(c1)OCO2)c1ccc2c(=O)n(-c3ccccc3)c(=S)[nH]c2c1. The molecule has 154 valence electrons. The lowest BCUT2D eigenvalue weighted by Gasteiger charge is -2.10. The van der Waals surface area contributed by atoms with E-state index in [9.17, 15) is 9.59 Å². The molecule has 2 heterocycles. The van der Waals surface area contributed by atoms with Crippen molar-refractivity contribution in [3.63, 3.8) is 0 Å². The molecule has 0 bridgehead atoms. The maximum atomic E-state index is 13.0. The van der Waals surface area contributed by atoms with Crippen molar-refractivity contribution in [2.75, 3.05) is 6.79 Å². The van der Waals surface area contributed by atoms with Crippen molar-refractivity contribution >= 4 is 29.0 Å². The summed E-state index contributed by atoms with van der Waals surface area (Å²) in [6, 6.07) is 19.6. The van der Waals surface area contributed by atoms with Gasteiger partial charge in [0.05, 0.1) is 16.6 Å². The molecule has 5 rings (SSSR count). The second kappa shape index (κ2) is 7.73. The molecule has 0 saturated heterocycles. The van der Waals surface area contributed by atoms with Crippen LogP contribution in [0.2, 0.25) is 0 Å². The first-order valence-electron chi connectivity index (χ1n) is 9.61. The van der Waals surface area contributed by atoms with E-state index in [1.54, 1.807) is 18.2 Å². The van der Waals surface area contributed by atoms with Gasteiger partial charge in [0.2, 0.25) is 6.79 Å². The number of carbonyl (C=O) groups is 1. The van der Waals surface area contributed by atoms with Crippen LogP contribution in [0.25, 0.3) is 16.6 Å². The van der Waals surface area contributed by atoms with Crippen LogP contribution in [0, 0.1) is 4.77 Å². The Morgan fingerprint density at radius 2 is 1.84 bits per heavy atom. The number of fused-ring (bicyclic) bond motifs is 2. The van der Waals surface area contributed by atoms with Gasteiger partial charge < -0.3 is 19.8 Å². The zero-order chi connectivity index (χ0) is 21.4. The third kappa shape index (κ3) is 3.57. The molecule has 0 radical (unpaired) electrons. The summed E-state index contributed by atoms with van der Waals surface area (Å²) in [5, 5.41) is 3.33. The second-order valence-corrected chi connectivity index (χ2v) is 7.42. The Bertz CT molecular complexity index is 1430. The van der Waals surface area contributed by atoms with E-state index in [4.69, 9.17) is 21.7 Å². The number of aromatic amines is 1. The molecule has 4 aromatic rings. The first-order chi connectivity index (χ1) is 15.1. The molecule has 31 heavy (non-hydrogen) atoms. The Labute approximate surface area is 181 Å².